The van der Waals surface area contributed by atoms with Gasteiger partial charge >= 0.3 is 0 Å². The second-order valence-electron chi connectivity index (χ2n) is 6.28. The minimum Gasteiger partial charge on any atom is -0.355 e. The fourth-order valence-corrected chi connectivity index (χ4v) is 3.17. The van der Waals surface area contributed by atoms with Crippen LogP contribution in [0.3, 0.4) is 0 Å². The van der Waals surface area contributed by atoms with Crippen LogP contribution in [0, 0.1) is 5.92 Å². The predicted molar refractivity (Wildman–Crippen MR) is 85.6 cm³/mol. The number of anilines is 1. The lowest BCUT2D eigenvalue weighted by Crippen LogP contribution is -2.44. The Bertz CT molecular complexity index is 693. The third-order valence-electron chi connectivity index (χ3n) is 4.54. The number of fused-ring (bicyclic) bond motifs is 1. The molecule has 2 heterocycles. The SMILES string of the molecule is O=C(NC1CC1)C1CCCN(c2ncnc3ccccc23)C1. The molecule has 1 aromatic heterocycles. The molecule has 1 saturated carbocycles. The highest BCUT2D eigenvalue weighted by Gasteiger charge is 2.31. The third kappa shape index (κ3) is 2.63. The number of nitrogens with one attached hydrogen (secondary N) is 1. The Morgan fingerprint density at radius 3 is 2.91 bits per heavy atom. The minimum absolute atomic E-state index is 0.0723. The van der Waals surface area contributed by atoms with Gasteiger partial charge in [-0.2, -0.15) is 0 Å². The van der Waals surface area contributed by atoms with Crippen molar-refractivity contribution >= 4 is 22.6 Å². The molecule has 22 heavy (non-hydrogen) atoms. The molecule has 1 aliphatic heterocycles. The first kappa shape index (κ1) is 13.5. The second kappa shape index (κ2) is 5.55. The molecule has 1 unspecified atom stereocenters. The maximum Gasteiger partial charge on any atom is 0.225 e. The van der Waals surface area contributed by atoms with Crippen molar-refractivity contribution in [2.24, 2.45) is 5.92 Å². The van der Waals surface area contributed by atoms with E-state index in [-0.39, 0.29) is 11.8 Å². The van der Waals surface area contributed by atoms with Gasteiger partial charge in [-0.15, -0.1) is 0 Å². The highest BCUT2D eigenvalue weighted by molar-refractivity contribution is 5.89. The van der Waals surface area contributed by atoms with Crippen molar-refractivity contribution in [2.45, 2.75) is 31.7 Å². The van der Waals surface area contributed by atoms with Gasteiger partial charge in [-0.25, -0.2) is 9.97 Å². The zero-order valence-electron chi connectivity index (χ0n) is 12.5. The Hall–Kier alpha value is -2.17. The molecule has 2 fully saturated rings. The Morgan fingerprint density at radius 1 is 1.18 bits per heavy atom. The quantitative estimate of drug-likeness (QED) is 0.942. The van der Waals surface area contributed by atoms with E-state index in [1.54, 1.807) is 6.33 Å². The fourth-order valence-electron chi connectivity index (χ4n) is 3.17. The second-order valence-corrected chi connectivity index (χ2v) is 6.28. The maximum absolute atomic E-state index is 12.3. The van der Waals surface area contributed by atoms with E-state index in [1.165, 1.54) is 0 Å². The Balaban J connectivity index is 1.57. The first-order valence-electron chi connectivity index (χ1n) is 8.06. The van der Waals surface area contributed by atoms with Crippen LogP contribution in [0.2, 0.25) is 0 Å². The van der Waals surface area contributed by atoms with E-state index in [1.807, 2.05) is 18.2 Å². The summed E-state index contributed by atoms with van der Waals surface area (Å²) in [5.41, 5.74) is 0.956. The van der Waals surface area contributed by atoms with Crippen LogP contribution in [-0.2, 0) is 4.79 Å². The highest BCUT2D eigenvalue weighted by atomic mass is 16.2. The van der Waals surface area contributed by atoms with Gasteiger partial charge in [0.25, 0.3) is 0 Å². The molecule has 1 N–H and O–H groups in total. The lowest BCUT2D eigenvalue weighted by atomic mass is 9.97. The van der Waals surface area contributed by atoms with Crippen LogP contribution in [0.15, 0.2) is 30.6 Å². The number of carbonyl (C=O) groups excluding carboxylic acids is 1. The monoisotopic (exact) mass is 296 g/mol. The van der Waals surface area contributed by atoms with Crippen LogP contribution >= 0.6 is 0 Å². The number of amides is 1. The molecule has 1 aromatic carbocycles. The standard InChI is InChI=1S/C17H20N4O/c22-17(20-13-7-8-13)12-4-3-9-21(10-12)16-14-5-1-2-6-15(14)18-11-19-16/h1-2,5-6,11-13H,3-4,7-10H2,(H,20,22). The highest BCUT2D eigenvalue weighted by Crippen LogP contribution is 2.28. The summed E-state index contributed by atoms with van der Waals surface area (Å²) < 4.78 is 0. The van der Waals surface area contributed by atoms with Gasteiger partial charge in [-0.3, -0.25) is 4.79 Å². The lowest BCUT2D eigenvalue weighted by Gasteiger charge is -2.33. The molecule has 2 aliphatic rings. The maximum atomic E-state index is 12.3. The molecule has 4 rings (SSSR count). The summed E-state index contributed by atoms with van der Waals surface area (Å²) in [6.45, 7) is 1.70. The summed E-state index contributed by atoms with van der Waals surface area (Å²) in [4.78, 5) is 23.4. The van der Waals surface area contributed by atoms with E-state index >= 15 is 0 Å². The first-order valence-corrected chi connectivity index (χ1v) is 8.06. The van der Waals surface area contributed by atoms with Crippen molar-refractivity contribution in [1.29, 1.82) is 0 Å². The molecular weight excluding hydrogens is 276 g/mol. The number of hydrogen-bond acceptors (Lipinski definition) is 4. The number of piperidine rings is 1. The summed E-state index contributed by atoms with van der Waals surface area (Å²) >= 11 is 0. The van der Waals surface area contributed by atoms with Crippen molar-refractivity contribution in [3.05, 3.63) is 30.6 Å². The molecule has 1 aliphatic carbocycles. The van der Waals surface area contributed by atoms with Crippen LogP contribution in [0.25, 0.3) is 10.9 Å². The normalized spacial score (nSPS) is 21.8. The Kier molecular flexibility index (Phi) is 3.41. The van der Waals surface area contributed by atoms with Crippen molar-refractivity contribution < 1.29 is 4.79 Å². The summed E-state index contributed by atoms with van der Waals surface area (Å²) in [7, 11) is 0. The van der Waals surface area contributed by atoms with E-state index in [2.05, 4.69) is 26.3 Å². The molecule has 5 heteroatoms. The van der Waals surface area contributed by atoms with E-state index in [0.29, 0.717) is 6.04 Å². The molecule has 1 saturated heterocycles. The zero-order valence-corrected chi connectivity index (χ0v) is 12.5. The van der Waals surface area contributed by atoms with Crippen LogP contribution in [0.4, 0.5) is 5.82 Å². The lowest BCUT2D eigenvalue weighted by molar-refractivity contribution is -0.125. The number of hydrogen-bond donors (Lipinski definition) is 1. The number of carbonyl (C=O) groups is 1. The number of nitrogens with zero attached hydrogens (tertiary/aromatic N) is 3. The van der Waals surface area contributed by atoms with Crippen molar-refractivity contribution in [1.82, 2.24) is 15.3 Å². The number of rotatable bonds is 3. The molecule has 0 spiro atoms. The first-order chi connectivity index (χ1) is 10.8. The van der Waals surface area contributed by atoms with Gasteiger partial charge in [0.15, 0.2) is 0 Å². The summed E-state index contributed by atoms with van der Waals surface area (Å²) in [5, 5.41) is 4.20. The molecule has 1 atom stereocenters. The molecular formula is C17H20N4O. The van der Waals surface area contributed by atoms with Gasteiger partial charge in [-0.1, -0.05) is 12.1 Å². The Morgan fingerprint density at radius 2 is 2.05 bits per heavy atom. The van der Waals surface area contributed by atoms with E-state index < -0.39 is 0 Å². The van der Waals surface area contributed by atoms with Crippen LogP contribution < -0.4 is 10.2 Å². The number of benzene rings is 1. The topological polar surface area (TPSA) is 58.1 Å². The number of para-hydroxylation sites is 1. The summed E-state index contributed by atoms with van der Waals surface area (Å²) in [5.74, 6) is 1.24. The number of aromatic nitrogens is 2. The van der Waals surface area contributed by atoms with Crippen LogP contribution in [0.1, 0.15) is 25.7 Å². The van der Waals surface area contributed by atoms with Crippen molar-refractivity contribution in [3.8, 4) is 0 Å². The summed E-state index contributed by atoms with van der Waals surface area (Å²) in [6, 6.07) is 8.49. The summed E-state index contributed by atoms with van der Waals surface area (Å²) in [6.07, 6.45) is 5.89. The van der Waals surface area contributed by atoms with Gasteiger partial charge in [0.1, 0.15) is 12.1 Å². The minimum atomic E-state index is 0.0723. The molecule has 1 amide bonds. The Labute approximate surface area is 129 Å². The molecule has 0 radical (unpaired) electrons. The zero-order chi connectivity index (χ0) is 14.9. The van der Waals surface area contributed by atoms with Crippen LogP contribution in [0.5, 0.6) is 0 Å². The predicted octanol–water partition coefficient (Wildman–Crippen LogP) is 2.12. The fraction of sp³-hybridized carbons (Fsp3) is 0.471. The molecule has 114 valence electrons. The third-order valence-corrected chi connectivity index (χ3v) is 4.54. The molecule has 5 nitrogen and oxygen atoms in total. The van der Waals surface area contributed by atoms with Crippen molar-refractivity contribution in [3.63, 3.8) is 0 Å². The molecule has 0 bridgehead atoms. The van der Waals surface area contributed by atoms with E-state index in [0.717, 1.165) is 55.5 Å². The smallest absolute Gasteiger partial charge is 0.225 e. The van der Waals surface area contributed by atoms with Gasteiger partial charge in [0, 0.05) is 24.5 Å². The van der Waals surface area contributed by atoms with Gasteiger partial charge in [0.05, 0.1) is 11.4 Å². The molecule has 2 aromatic rings. The largest absolute Gasteiger partial charge is 0.355 e. The average molecular weight is 296 g/mol. The van der Waals surface area contributed by atoms with Gasteiger partial charge in [-0.05, 0) is 37.8 Å². The average Bonchev–Trinajstić information content (AvgIpc) is 3.38. The van der Waals surface area contributed by atoms with Gasteiger partial charge < -0.3 is 10.2 Å². The van der Waals surface area contributed by atoms with Crippen molar-refractivity contribution in [2.75, 3.05) is 18.0 Å². The van der Waals surface area contributed by atoms with E-state index in [4.69, 9.17) is 0 Å². The van der Waals surface area contributed by atoms with Gasteiger partial charge in [0.2, 0.25) is 5.91 Å². The van der Waals surface area contributed by atoms with Crippen LogP contribution in [-0.4, -0.2) is 35.0 Å². The van der Waals surface area contributed by atoms with E-state index in [9.17, 15) is 4.79 Å².